The second-order valence-electron chi connectivity index (χ2n) is 4.49. The number of carbonyl (C=O) groups is 2. The molecule has 0 aliphatic carbocycles. The molecular weight excluding hydrogens is 310 g/mol. The van der Waals surface area contributed by atoms with E-state index < -0.39 is 17.4 Å². The fourth-order valence-electron chi connectivity index (χ4n) is 1.93. The van der Waals surface area contributed by atoms with Gasteiger partial charge in [0.2, 0.25) is 0 Å². The molecule has 0 saturated carbocycles. The first-order valence-electron chi connectivity index (χ1n) is 6.38. The largest absolute Gasteiger partial charge is 0.462 e. The van der Waals surface area contributed by atoms with Crippen LogP contribution >= 0.6 is 11.3 Å². The summed E-state index contributed by atoms with van der Waals surface area (Å²) >= 11 is 1.06. The summed E-state index contributed by atoms with van der Waals surface area (Å²) in [5.41, 5.74) is 5.34. The molecule has 118 valence electrons. The van der Waals surface area contributed by atoms with Crippen LogP contribution in [0.25, 0.3) is 10.2 Å². The van der Waals surface area contributed by atoms with Gasteiger partial charge in [0.25, 0.3) is 11.5 Å². The lowest BCUT2D eigenvalue weighted by Gasteiger charge is -2.06. The predicted molar refractivity (Wildman–Crippen MR) is 80.0 cm³/mol. The van der Waals surface area contributed by atoms with Crippen molar-refractivity contribution in [1.82, 2.24) is 9.55 Å². The minimum absolute atomic E-state index is 0.114. The summed E-state index contributed by atoms with van der Waals surface area (Å²) in [6.45, 7) is 1.77. The Morgan fingerprint density at radius 2 is 2.14 bits per heavy atom. The number of ether oxygens (including phenoxy) is 2. The van der Waals surface area contributed by atoms with E-state index in [1.165, 1.54) is 13.4 Å². The fourth-order valence-corrected chi connectivity index (χ4v) is 2.92. The summed E-state index contributed by atoms with van der Waals surface area (Å²) in [5, 5.41) is 0.297. The summed E-state index contributed by atoms with van der Waals surface area (Å²) < 4.78 is 10.8. The van der Waals surface area contributed by atoms with E-state index in [1.54, 1.807) is 6.92 Å². The van der Waals surface area contributed by atoms with Crippen molar-refractivity contribution < 1.29 is 19.1 Å². The maximum atomic E-state index is 12.4. The van der Waals surface area contributed by atoms with Crippen LogP contribution in [0.1, 0.15) is 15.2 Å². The first kappa shape index (κ1) is 16.1. The number of primary amides is 1. The molecule has 1 amide bonds. The molecule has 9 heteroatoms. The molecule has 2 aromatic rings. The molecule has 0 spiro atoms. The molecule has 2 aromatic heterocycles. The number of esters is 1. The van der Waals surface area contributed by atoms with Crippen LogP contribution in [0.5, 0.6) is 0 Å². The number of hydrogen-bond donors (Lipinski definition) is 1. The van der Waals surface area contributed by atoms with E-state index in [0.29, 0.717) is 20.7 Å². The average molecular weight is 325 g/mol. The number of fused-ring (bicyclic) bond motifs is 1. The molecule has 0 aliphatic heterocycles. The molecule has 0 bridgehead atoms. The Morgan fingerprint density at radius 1 is 1.41 bits per heavy atom. The number of nitrogens with two attached hydrogens (primary N) is 1. The van der Waals surface area contributed by atoms with Gasteiger partial charge in [0.15, 0.2) is 0 Å². The van der Waals surface area contributed by atoms with Crippen molar-refractivity contribution in [1.29, 1.82) is 0 Å². The van der Waals surface area contributed by atoms with Crippen LogP contribution in [0.2, 0.25) is 0 Å². The Bertz CT molecular complexity index is 780. The van der Waals surface area contributed by atoms with E-state index >= 15 is 0 Å². The van der Waals surface area contributed by atoms with Gasteiger partial charge < -0.3 is 15.2 Å². The number of nitrogens with zero attached hydrogens (tertiary/aromatic N) is 2. The highest BCUT2D eigenvalue weighted by atomic mass is 32.1. The topological polar surface area (TPSA) is 114 Å². The molecule has 0 aromatic carbocycles. The van der Waals surface area contributed by atoms with Gasteiger partial charge in [0.05, 0.1) is 23.2 Å². The molecular formula is C13H15N3O5S. The van der Waals surface area contributed by atoms with Crippen LogP contribution in [0.4, 0.5) is 0 Å². The summed E-state index contributed by atoms with van der Waals surface area (Å²) in [4.78, 5) is 40.2. The van der Waals surface area contributed by atoms with E-state index in [9.17, 15) is 14.4 Å². The van der Waals surface area contributed by atoms with Crippen LogP contribution < -0.4 is 11.3 Å². The third-order valence-electron chi connectivity index (χ3n) is 2.99. The van der Waals surface area contributed by atoms with Gasteiger partial charge in [-0.05, 0) is 12.5 Å². The molecule has 0 atom stereocenters. The van der Waals surface area contributed by atoms with Gasteiger partial charge in [-0.2, -0.15) is 0 Å². The SMILES string of the molecule is COCCOC(=O)Cn1cnc2sc(C(N)=O)c(C)c2c1=O. The molecule has 2 heterocycles. The predicted octanol–water partition coefficient (Wildman–Crippen LogP) is 0.0549. The van der Waals surface area contributed by atoms with Crippen molar-refractivity contribution in [3.63, 3.8) is 0 Å². The van der Waals surface area contributed by atoms with E-state index in [0.717, 1.165) is 15.9 Å². The van der Waals surface area contributed by atoms with Gasteiger partial charge in [-0.15, -0.1) is 11.3 Å². The molecule has 0 radical (unpaired) electrons. The first-order valence-corrected chi connectivity index (χ1v) is 7.20. The third kappa shape index (κ3) is 3.15. The van der Waals surface area contributed by atoms with Crippen molar-refractivity contribution in [2.45, 2.75) is 13.5 Å². The number of methoxy groups -OCH3 is 1. The lowest BCUT2D eigenvalue weighted by atomic mass is 10.2. The van der Waals surface area contributed by atoms with Gasteiger partial charge in [-0.25, -0.2) is 4.98 Å². The number of thiophene rings is 1. The molecule has 2 rings (SSSR count). The van der Waals surface area contributed by atoms with E-state index in [1.807, 2.05) is 0 Å². The van der Waals surface area contributed by atoms with Crippen molar-refractivity contribution >= 4 is 33.4 Å². The second-order valence-corrected chi connectivity index (χ2v) is 5.49. The normalized spacial score (nSPS) is 10.8. The highest BCUT2D eigenvalue weighted by molar-refractivity contribution is 7.20. The summed E-state index contributed by atoms with van der Waals surface area (Å²) in [6, 6.07) is 0. The third-order valence-corrected chi connectivity index (χ3v) is 4.21. The maximum absolute atomic E-state index is 12.4. The van der Waals surface area contributed by atoms with Gasteiger partial charge in [0.1, 0.15) is 18.0 Å². The van der Waals surface area contributed by atoms with Crippen molar-refractivity contribution in [2.75, 3.05) is 20.3 Å². The quantitative estimate of drug-likeness (QED) is 0.593. The summed E-state index contributed by atoms with van der Waals surface area (Å²) in [7, 11) is 1.49. The molecule has 0 aliphatic rings. The molecule has 0 saturated heterocycles. The van der Waals surface area contributed by atoms with Gasteiger partial charge >= 0.3 is 5.97 Å². The fraction of sp³-hybridized carbons (Fsp3) is 0.385. The standard InChI is InChI=1S/C13H15N3O5S/c1-7-9-12(22-10(7)11(14)18)15-6-16(13(9)19)5-8(17)21-4-3-20-2/h6H,3-5H2,1-2H3,(H2,14,18). The highest BCUT2D eigenvalue weighted by Gasteiger charge is 2.18. The number of hydrogen-bond acceptors (Lipinski definition) is 7. The Morgan fingerprint density at radius 3 is 2.77 bits per heavy atom. The van der Waals surface area contributed by atoms with E-state index in [2.05, 4.69) is 4.98 Å². The minimum atomic E-state index is -0.606. The van der Waals surface area contributed by atoms with Crippen LogP contribution in [-0.2, 0) is 20.8 Å². The smallest absolute Gasteiger partial charge is 0.326 e. The number of aryl methyl sites for hydroxylation is 1. The lowest BCUT2D eigenvalue weighted by Crippen LogP contribution is -2.26. The molecule has 2 N–H and O–H groups in total. The van der Waals surface area contributed by atoms with E-state index in [4.69, 9.17) is 15.2 Å². The van der Waals surface area contributed by atoms with Gasteiger partial charge in [-0.1, -0.05) is 0 Å². The van der Waals surface area contributed by atoms with E-state index in [-0.39, 0.29) is 19.8 Å². The van der Waals surface area contributed by atoms with Crippen LogP contribution in [-0.4, -0.2) is 41.8 Å². The number of rotatable bonds is 6. The summed E-state index contributed by atoms with van der Waals surface area (Å²) in [5.74, 6) is -1.17. The number of aromatic nitrogens is 2. The average Bonchev–Trinajstić information content (AvgIpc) is 2.80. The molecule has 0 unspecified atom stereocenters. The lowest BCUT2D eigenvalue weighted by molar-refractivity contribution is -0.145. The first-order chi connectivity index (χ1) is 10.5. The molecule has 0 fully saturated rings. The minimum Gasteiger partial charge on any atom is -0.462 e. The number of amides is 1. The van der Waals surface area contributed by atoms with Crippen LogP contribution in [0, 0.1) is 6.92 Å². The Labute approximate surface area is 129 Å². The zero-order valence-corrected chi connectivity index (χ0v) is 12.9. The van der Waals surface area contributed by atoms with Crippen molar-refractivity contribution in [2.24, 2.45) is 5.73 Å². The molecule has 22 heavy (non-hydrogen) atoms. The Balaban J connectivity index is 2.31. The van der Waals surface area contributed by atoms with Crippen molar-refractivity contribution in [3.8, 4) is 0 Å². The zero-order valence-electron chi connectivity index (χ0n) is 12.1. The van der Waals surface area contributed by atoms with Crippen LogP contribution in [0.3, 0.4) is 0 Å². The Hall–Kier alpha value is -2.26. The van der Waals surface area contributed by atoms with Crippen LogP contribution in [0.15, 0.2) is 11.1 Å². The monoisotopic (exact) mass is 325 g/mol. The second kappa shape index (κ2) is 6.67. The highest BCUT2D eigenvalue weighted by Crippen LogP contribution is 2.26. The summed E-state index contributed by atoms with van der Waals surface area (Å²) in [6.07, 6.45) is 1.25. The van der Waals surface area contributed by atoms with Crippen molar-refractivity contribution in [3.05, 3.63) is 27.1 Å². The van der Waals surface area contributed by atoms with Gasteiger partial charge in [-0.3, -0.25) is 19.0 Å². The zero-order chi connectivity index (χ0) is 16.3. The van der Waals surface area contributed by atoms with Gasteiger partial charge in [0, 0.05) is 7.11 Å². The number of carbonyl (C=O) groups excluding carboxylic acids is 2. The maximum Gasteiger partial charge on any atom is 0.326 e. The molecule has 8 nitrogen and oxygen atoms in total. The Kier molecular flexibility index (Phi) is 4.88.